The van der Waals surface area contributed by atoms with Gasteiger partial charge in [0.2, 0.25) is 0 Å². The molecule has 0 aromatic heterocycles. The molecule has 2 aliphatic rings. The zero-order chi connectivity index (χ0) is 27.3. The number of ether oxygens (including phenoxy) is 2. The van der Waals surface area contributed by atoms with Crippen LogP contribution in [0.25, 0.3) is 11.1 Å². The fourth-order valence-electron chi connectivity index (χ4n) is 6.31. The molecule has 4 rings (SSSR count). The van der Waals surface area contributed by atoms with Crippen molar-refractivity contribution in [3.63, 3.8) is 0 Å². The van der Waals surface area contributed by atoms with Crippen LogP contribution in [0.5, 0.6) is 5.75 Å². The van der Waals surface area contributed by atoms with E-state index in [0.29, 0.717) is 61.2 Å². The number of halogens is 4. The average molecular weight is 537 g/mol. The van der Waals surface area contributed by atoms with Gasteiger partial charge in [0.15, 0.2) is 0 Å². The predicted octanol–water partition coefficient (Wildman–Crippen LogP) is 8.52. The summed E-state index contributed by atoms with van der Waals surface area (Å²) in [5, 5.41) is 9.16. The van der Waals surface area contributed by atoms with Crippen molar-refractivity contribution in [2.24, 2.45) is 29.6 Å². The molecule has 2 saturated carbocycles. The predicted molar refractivity (Wildman–Crippen MR) is 140 cm³/mol. The number of aliphatic hydroxyl groups is 1. The smallest absolute Gasteiger partial charge is 0.400 e. The van der Waals surface area contributed by atoms with Gasteiger partial charge in [-0.3, -0.25) is 0 Å². The normalized spacial score (nSPS) is 25.2. The summed E-state index contributed by atoms with van der Waals surface area (Å²) >= 11 is 0. The molecule has 2 fully saturated rings. The lowest BCUT2D eigenvalue weighted by Crippen LogP contribution is -2.37. The number of hydrogen-bond donors (Lipinski definition) is 1. The van der Waals surface area contributed by atoms with E-state index < -0.39 is 23.7 Å². The summed E-state index contributed by atoms with van der Waals surface area (Å²) in [7, 11) is 0. The molecule has 0 radical (unpaired) electrons. The van der Waals surface area contributed by atoms with E-state index in [1.807, 2.05) is 0 Å². The molecule has 0 spiro atoms. The van der Waals surface area contributed by atoms with Crippen molar-refractivity contribution in [2.45, 2.75) is 77.7 Å². The van der Waals surface area contributed by atoms with Crippen molar-refractivity contribution >= 4 is 0 Å². The molecule has 210 valence electrons. The van der Waals surface area contributed by atoms with Crippen molar-refractivity contribution < 1.29 is 32.1 Å². The van der Waals surface area contributed by atoms with Crippen LogP contribution in [0.15, 0.2) is 36.4 Å². The minimum Gasteiger partial charge on any atom is -0.432 e. The third-order valence-electron chi connectivity index (χ3n) is 8.79. The van der Waals surface area contributed by atoms with E-state index in [1.54, 1.807) is 19.1 Å². The van der Waals surface area contributed by atoms with Gasteiger partial charge in [-0.15, -0.1) is 0 Å². The molecule has 1 unspecified atom stereocenters. The van der Waals surface area contributed by atoms with Gasteiger partial charge in [-0.1, -0.05) is 31.9 Å². The Morgan fingerprint density at radius 2 is 1.63 bits per heavy atom. The Hall–Kier alpha value is -2.12. The molecule has 0 heterocycles. The molecule has 0 amide bonds. The van der Waals surface area contributed by atoms with Crippen LogP contribution < -0.4 is 4.74 Å². The highest BCUT2D eigenvalue weighted by Crippen LogP contribution is 2.44. The van der Waals surface area contributed by atoms with Crippen LogP contribution in [0.3, 0.4) is 0 Å². The Balaban J connectivity index is 1.33. The van der Waals surface area contributed by atoms with Crippen LogP contribution in [0.4, 0.5) is 17.6 Å². The first-order chi connectivity index (χ1) is 18.2. The average Bonchev–Trinajstić information content (AvgIpc) is 2.89. The van der Waals surface area contributed by atoms with Gasteiger partial charge >= 0.3 is 6.11 Å². The van der Waals surface area contributed by atoms with E-state index >= 15 is 8.78 Å². The number of aryl methyl sites for hydroxylation is 1. The highest BCUT2D eigenvalue weighted by Gasteiger charge is 2.44. The summed E-state index contributed by atoms with van der Waals surface area (Å²) in [5.74, 6) is -0.359. The summed E-state index contributed by atoms with van der Waals surface area (Å²) in [6.07, 6.45) is 4.33. The van der Waals surface area contributed by atoms with Gasteiger partial charge < -0.3 is 14.6 Å². The Bertz CT molecular complexity index is 1040. The van der Waals surface area contributed by atoms with Crippen LogP contribution in [0.2, 0.25) is 0 Å². The first-order valence-electron chi connectivity index (χ1n) is 14.0. The maximum absolute atomic E-state index is 15.1. The second kappa shape index (κ2) is 12.8. The van der Waals surface area contributed by atoms with E-state index in [-0.39, 0.29) is 18.1 Å². The zero-order valence-corrected chi connectivity index (χ0v) is 22.4. The van der Waals surface area contributed by atoms with Crippen molar-refractivity contribution in [2.75, 3.05) is 13.4 Å². The van der Waals surface area contributed by atoms with E-state index in [4.69, 9.17) is 14.6 Å². The maximum Gasteiger partial charge on any atom is 0.400 e. The van der Waals surface area contributed by atoms with Crippen LogP contribution in [0, 0.1) is 48.1 Å². The number of rotatable bonds is 10. The summed E-state index contributed by atoms with van der Waals surface area (Å²) in [6, 6.07) is 7.99. The van der Waals surface area contributed by atoms with Crippen molar-refractivity contribution in [1.29, 1.82) is 0 Å². The molecule has 3 nitrogen and oxygen atoms in total. The first-order valence-corrected chi connectivity index (χ1v) is 14.0. The molecular formula is C31H40F4O3. The highest BCUT2D eigenvalue weighted by atomic mass is 19.3. The quantitative estimate of drug-likeness (QED) is 0.244. The lowest BCUT2D eigenvalue weighted by atomic mass is 9.71. The van der Waals surface area contributed by atoms with E-state index in [2.05, 4.69) is 6.92 Å². The van der Waals surface area contributed by atoms with Gasteiger partial charge in [0.1, 0.15) is 24.2 Å². The van der Waals surface area contributed by atoms with Gasteiger partial charge in [0, 0.05) is 11.6 Å². The largest absolute Gasteiger partial charge is 0.432 e. The van der Waals surface area contributed by atoms with Gasteiger partial charge in [0.25, 0.3) is 0 Å². The summed E-state index contributed by atoms with van der Waals surface area (Å²) < 4.78 is 69.2. The Labute approximate surface area is 223 Å². The van der Waals surface area contributed by atoms with E-state index in [1.165, 1.54) is 31.0 Å². The number of hydrogen-bond acceptors (Lipinski definition) is 3. The van der Waals surface area contributed by atoms with Gasteiger partial charge in [-0.25, -0.2) is 8.78 Å². The first kappa shape index (κ1) is 28.9. The van der Waals surface area contributed by atoms with E-state index in [0.717, 1.165) is 31.2 Å². The minimum atomic E-state index is -3.41. The molecule has 7 heteroatoms. The number of aliphatic hydroxyl groups excluding tert-OH is 1. The molecule has 0 bridgehead atoms. The molecule has 2 aliphatic carbocycles. The molecule has 0 saturated heterocycles. The summed E-state index contributed by atoms with van der Waals surface area (Å²) in [6.45, 7) is 4.13. The summed E-state index contributed by atoms with van der Waals surface area (Å²) in [5.41, 5.74) is 0.918. The third kappa shape index (κ3) is 7.29. The standard InChI is InChI=1S/C31H40F4O3/c1-20-3-8-23(9-4-20)25(18-37-19-36)15-22-6-11-26(12-7-22)31(34,35)38-27-13-14-28(30(33)17-27)24-10-5-21(2)29(32)16-24/h5,10,13-14,16-17,20,22-23,25-26,36H,3-4,6-9,11-12,15,18-19H2,1-2H3. The second-order valence-electron chi connectivity index (χ2n) is 11.5. The van der Waals surface area contributed by atoms with Crippen LogP contribution in [-0.4, -0.2) is 24.6 Å². The Morgan fingerprint density at radius 1 is 0.921 bits per heavy atom. The Kier molecular flexibility index (Phi) is 9.74. The maximum atomic E-state index is 15.1. The highest BCUT2D eigenvalue weighted by molar-refractivity contribution is 5.65. The second-order valence-corrected chi connectivity index (χ2v) is 11.5. The molecular weight excluding hydrogens is 496 g/mol. The van der Waals surface area contributed by atoms with Crippen molar-refractivity contribution in [3.05, 3.63) is 53.6 Å². The number of alkyl halides is 2. The van der Waals surface area contributed by atoms with Gasteiger partial charge in [0.05, 0.1) is 12.5 Å². The fourth-order valence-corrected chi connectivity index (χ4v) is 6.31. The third-order valence-corrected chi connectivity index (χ3v) is 8.79. The molecule has 0 aliphatic heterocycles. The lowest BCUT2D eigenvalue weighted by molar-refractivity contribution is -0.223. The van der Waals surface area contributed by atoms with Crippen LogP contribution in [0.1, 0.15) is 70.3 Å². The van der Waals surface area contributed by atoms with Crippen molar-refractivity contribution in [1.82, 2.24) is 0 Å². The monoisotopic (exact) mass is 536 g/mol. The topological polar surface area (TPSA) is 38.7 Å². The van der Waals surface area contributed by atoms with Gasteiger partial charge in [-0.2, -0.15) is 8.78 Å². The van der Waals surface area contributed by atoms with E-state index in [9.17, 15) is 8.78 Å². The minimum absolute atomic E-state index is 0.132. The van der Waals surface area contributed by atoms with Crippen LogP contribution >= 0.6 is 0 Å². The Morgan fingerprint density at radius 3 is 2.26 bits per heavy atom. The fraction of sp³-hybridized carbons (Fsp3) is 0.613. The van der Waals surface area contributed by atoms with Gasteiger partial charge in [-0.05, 0) is 105 Å². The molecule has 2 aromatic rings. The summed E-state index contributed by atoms with van der Waals surface area (Å²) in [4.78, 5) is 0. The van der Waals surface area contributed by atoms with Crippen molar-refractivity contribution in [3.8, 4) is 16.9 Å². The zero-order valence-electron chi connectivity index (χ0n) is 22.4. The number of benzene rings is 2. The molecule has 1 N–H and O–H groups in total. The molecule has 1 atom stereocenters. The molecule has 2 aromatic carbocycles. The molecule has 38 heavy (non-hydrogen) atoms. The SMILES string of the molecule is Cc1ccc(-c2ccc(OC(F)(F)C3CCC(CC(COCO)C4CCC(C)CC4)CC3)cc2F)cc1F. The lowest BCUT2D eigenvalue weighted by Gasteiger charge is -2.37. The van der Waals surface area contributed by atoms with Crippen LogP contribution in [-0.2, 0) is 4.74 Å².